The minimum Gasteiger partial charge on any atom is -0.389 e. The van der Waals surface area contributed by atoms with Gasteiger partial charge in [-0.25, -0.2) is 39.9 Å². The van der Waals surface area contributed by atoms with Crippen LogP contribution in [0.5, 0.6) is 0 Å². The zero-order valence-electron chi connectivity index (χ0n) is 29.7. The molecule has 0 aromatic heterocycles. The first-order chi connectivity index (χ1) is 27.1. The molecule has 57 heavy (non-hydrogen) atoms. The third kappa shape index (κ3) is 4.14. The fraction of sp³-hybridized carbons (Fsp3) is 0.400. The van der Waals surface area contributed by atoms with E-state index in [1.54, 1.807) is 0 Å². The molecule has 5 aliphatic heterocycles. The Morgan fingerprint density at radius 3 is 0.439 bits per heavy atom. The molecule has 8 N–H and O–H groups in total. The van der Waals surface area contributed by atoms with E-state index in [9.17, 15) is 40.9 Å². The summed E-state index contributed by atoms with van der Waals surface area (Å²) in [5.41, 5.74) is 4.55. The molecule has 16 unspecified atom stereocenters. The molecular weight excluding hydrogens is 745 g/mol. The number of nitrogens with zero attached hydrogens (tertiary/aromatic N) is 8. The second-order valence-corrected chi connectivity index (χ2v) is 16.5. The van der Waals surface area contributed by atoms with Gasteiger partial charge in [0.05, 0.1) is 48.8 Å². The van der Waals surface area contributed by atoms with Gasteiger partial charge in [-0.1, -0.05) is 48.6 Å². The Morgan fingerprint density at radius 1 is 0.228 bits per heavy atom. The zero-order valence-corrected chi connectivity index (χ0v) is 31.1. The van der Waals surface area contributed by atoms with Crippen molar-refractivity contribution >= 4 is 69.7 Å². The quantitative estimate of drug-likeness (QED) is 0.103. The van der Waals surface area contributed by atoms with Crippen molar-refractivity contribution in [3.8, 4) is 0 Å². The molecule has 16 atom stereocenters. The van der Waals surface area contributed by atoms with Crippen molar-refractivity contribution in [1.29, 1.82) is 0 Å². The Kier molecular flexibility index (Phi) is 6.99. The van der Waals surface area contributed by atoms with E-state index in [0.29, 0.717) is 44.6 Å². The van der Waals surface area contributed by atoms with Gasteiger partial charge in [0, 0.05) is 91.9 Å². The number of rotatable bonds is 0. The molecule has 0 saturated heterocycles. The van der Waals surface area contributed by atoms with Crippen LogP contribution < -0.4 is 0 Å². The topological polar surface area (TPSA) is 261 Å². The van der Waals surface area contributed by atoms with Gasteiger partial charge in [-0.2, -0.15) is 0 Å². The molecule has 17 aliphatic rings. The largest absolute Gasteiger partial charge is 2.00 e. The standard InChI is InChI=1S/C40H32N8O8.Mg/c49-25-9-1-2-10(26(25)50)18-17(9)33-41-34(18)46-36-21-13-5-6-14(30(54)29(13)53)22(21)38(43-36)48-40-24-16-8-7-15(31(55)32(16)56)23(24)39(44-40)47-37-20-12-4-3-11(27(51)28(12)52)19(20)35(42-37)45-33;/h1-16,25-32,49-56H;/q;+2. The van der Waals surface area contributed by atoms with Gasteiger partial charge in [0.2, 0.25) is 0 Å². The summed E-state index contributed by atoms with van der Waals surface area (Å²) in [6.45, 7) is 0. The predicted molar refractivity (Wildman–Crippen MR) is 206 cm³/mol. The molecule has 0 radical (unpaired) electrons. The molecule has 0 saturated carbocycles. The summed E-state index contributed by atoms with van der Waals surface area (Å²) in [5, 5.41) is 89.9. The van der Waals surface area contributed by atoms with Crippen LogP contribution in [0, 0.1) is 47.3 Å². The molecule has 280 valence electrons. The summed E-state index contributed by atoms with van der Waals surface area (Å²) in [5.74, 6) is -3.75. The van der Waals surface area contributed by atoms with Crippen LogP contribution in [0.4, 0.5) is 0 Å². The van der Waals surface area contributed by atoms with Gasteiger partial charge in [-0.3, -0.25) is 0 Å². The van der Waals surface area contributed by atoms with Gasteiger partial charge in [0.1, 0.15) is 0 Å². The van der Waals surface area contributed by atoms with Gasteiger partial charge in [0.25, 0.3) is 0 Å². The average Bonchev–Trinajstić information content (AvgIpc) is 3.96. The maximum absolute atomic E-state index is 11.2. The number of hydrogen-bond acceptors (Lipinski definition) is 16. The van der Waals surface area contributed by atoms with E-state index >= 15 is 0 Å². The minimum atomic E-state index is -1.14. The van der Waals surface area contributed by atoms with Gasteiger partial charge in [-0.15, -0.1) is 0 Å². The Morgan fingerprint density at radius 2 is 0.333 bits per heavy atom. The summed E-state index contributed by atoms with van der Waals surface area (Å²) in [6, 6.07) is 0. The van der Waals surface area contributed by atoms with Crippen LogP contribution in [0.25, 0.3) is 0 Å². The number of amidine groups is 8. The third-order valence-corrected chi connectivity index (χ3v) is 13.9. The van der Waals surface area contributed by atoms with Gasteiger partial charge in [-0.05, 0) is 0 Å². The van der Waals surface area contributed by atoms with Crippen LogP contribution in [0.3, 0.4) is 0 Å². The molecule has 0 fully saturated rings. The molecule has 5 heterocycles. The van der Waals surface area contributed by atoms with Crippen LogP contribution in [-0.4, -0.2) is 159 Å². The summed E-state index contributed by atoms with van der Waals surface area (Å²) in [6.07, 6.45) is 5.46. The first-order valence-electron chi connectivity index (χ1n) is 19.0. The number of aliphatic hydroxyl groups is 8. The normalized spacial score (nSPS) is 45.3. The SMILES string of the molecule is OC1C2C=CC(C3=C2C2=NC3=NC3=NC(=NC4=NC(=NC5=NC(=N2)C2=C5C5C=CC2C(O)C5O)C2=C4C4C=CC2C(O)C4O)C2=C3C3C=CC2C(O)C3O)C1O.[Mg+2]. The van der Waals surface area contributed by atoms with E-state index in [0.717, 1.165) is 0 Å². The van der Waals surface area contributed by atoms with Gasteiger partial charge in [0.15, 0.2) is 46.7 Å². The Balaban J connectivity index is 0.00000356. The van der Waals surface area contributed by atoms with E-state index in [-0.39, 0.29) is 69.7 Å². The fourth-order valence-electron chi connectivity index (χ4n) is 11.3. The van der Waals surface area contributed by atoms with E-state index in [1.165, 1.54) is 0 Å². The molecule has 16 bridgehead atoms. The summed E-state index contributed by atoms with van der Waals surface area (Å²) in [4.78, 5) is 39.8. The van der Waals surface area contributed by atoms with Crippen molar-refractivity contribution in [3.63, 3.8) is 0 Å². The first-order valence-corrected chi connectivity index (χ1v) is 19.0. The fourth-order valence-corrected chi connectivity index (χ4v) is 11.3. The Bertz CT molecular complexity index is 2230. The zero-order chi connectivity index (χ0) is 37.8. The van der Waals surface area contributed by atoms with Crippen LogP contribution in [-0.2, 0) is 0 Å². The predicted octanol–water partition coefficient (Wildman–Crippen LogP) is -1.80. The minimum absolute atomic E-state index is 0. The molecule has 16 nitrogen and oxygen atoms in total. The second-order valence-electron chi connectivity index (χ2n) is 16.5. The maximum atomic E-state index is 11.2. The van der Waals surface area contributed by atoms with Crippen LogP contribution in [0.1, 0.15) is 0 Å². The molecule has 17 heteroatoms. The monoisotopic (exact) mass is 776 g/mol. The average molecular weight is 777 g/mol. The first kappa shape index (κ1) is 34.7. The number of aliphatic hydroxyl groups excluding tert-OH is 8. The van der Waals surface area contributed by atoms with Crippen molar-refractivity contribution in [2.75, 3.05) is 0 Å². The maximum Gasteiger partial charge on any atom is 2.00 e. The van der Waals surface area contributed by atoms with Crippen molar-refractivity contribution in [3.05, 3.63) is 93.2 Å². The molecule has 0 spiro atoms. The summed E-state index contributed by atoms with van der Waals surface area (Å²) < 4.78 is 0. The van der Waals surface area contributed by atoms with Crippen molar-refractivity contribution < 1.29 is 40.9 Å². The summed E-state index contributed by atoms with van der Waals surface area (Å²) in [7, 11) is 0. The third-order valence-electron chi connectivity index (χ3n) is 13.9. The molecule has 12 aliphatic carbocycles. The number of hydrogen-bond donors (Lipinski definition) is 8. The second kappa shape index (κ2) is 11.5. The molecule has 0 amide bonds. The molecule has 0 aromatic carbocycles. The van der Waals surface area contributed by atoms with Crippen LogP contribution in [0.2, 0.25) is 0 Å². The van der Waals surface area contributed by atoms with E-state index in [4.69, 9.17) is 39.9 Å². The van der Waals surface area contributed by atoms with Gasteiger partial charge >= 0.3 is 23.1 Å². The van der Waals surface area contributed by atoms with Crippen molar-refractivity contribution in [2.24, 2.45) is 87.3 Å². The molecule has 17 rings (SSSR count). The number of aliphatic imine (C=N–C) groups is 8. The Hall–Kier alpha value is -4.27. The smallest absolute Gasteiger partial charge is 0.389 e. The summed E-state index contributed by atoms with van der Waals surface area (Å²) >= 11 is 0. The number of fused-ring (bicyclic) bond motifs is 8. The molecular formula is C40H32MgN8O8+2. The van der Waals surface area contributed by atoms with E-state index in [1.807, 2.05) is 48.6 Å². The molecule has 0 aromatic rings. The van der Waals surface area contributed by atoms with Crippen LogP contribution in [0.15, 0.2) is 133 Å². The van der Waals surface area contributed by atoms with Gasteiger partial charge < -0.3 is 40.9 Å². The van der Waals surface area contributed by atoms with Crippen LogP contribution >= 0.6 is 0 Å². The Labute approximate surface area is 338 Å². The van der Waals surface area contributed by atoms with E-state index in [2.05, 4.69) is 0 Å². The van der Waals surface area contributed by atoms with Crippen molar-refractivity contribution in [1.82, 2.24) is 0 Å². The van der Waals surface area contributed by atoms with Crippen molar-refractivity contribution in [2.45, 2.75) is 48.8 Å². The van der Waals surface area contributed by atoms with E-state index < -0.39 is 96.2 Å².